The highest BCUT2D eigenvalue weighted by Crippen LogP contribution is 2.40. The van der Waals surface area contributed by atoms with Crippen molar-refractivity contribution in [3.63, 3.8) is 0 Å². The van der Waals surface area contributed by atoms with Crippen molar-refractivity contribution < 1.29 is 19.0 Å². The lowest BCUT2D eigenvalue weighted by Gasteiger charge is -2.19. The molecule has 0 aromatic carbocycles. The van der Waals surface area contributed by atoms with Gasteiger partial charge in [0.2, 0.25) is 0 Å². The maximum Gasteiger partial charge on any atom is 0.356 e. The molecule has 1 fully saturated rings. The predicted molar refractivity (Wildman–Crippen MR) is 66.3 cm³/mol. The van der Waals surface area contributed by atoms with Gasteiger partial charge in [0.25, 0.3) is 0 Å². The van der Waals surface area contributed by atoms with Gasteiger partial charge < -0.3 is 14.2 Å². The number of hydrogen-bond donors (Lipinski definition) is 0. The Kier molecular flexibility index (Phi) is 2.72. The first kappa shape index (κ1) is 12.4. The van der Waals surface area contributed by atoms with Gasteiger partial charge in [0, 0.05) is 6.20 Å². The van der Waals surface area contributed by atoms with Crippen LogP contribution in [-0.2, 0) is 14.2 Å². The molecule has 0 saturated carbocycles. The highest BCUT2D eigenvalue weighted by molar-refractivity contribution is 5.88. The van der Waals surface area contributed by atoms with Crippen LogP contribution >= 0.6 is 0 Å². The maximum atomic E-state index is 11.8. The molecule has 19 heavy (non-hydrogen) atoms. The first-order chi connectivity index (χ1) is 9.02. The Balaban J connectivity index is 1.95. The van der Waals surface area contributed by atoms with E-state index < -0.39 is 5.79 Å². The molecule has 0 radical (unpaired) electrons. The molecule has 0 aliphatic carbocycles. The number of esters is 1. The van der Waals surface area contributed by atoms with E-state index in [4.69, 9.17) is 14.2 Å². The van der Waals surface area contributed by atoms with Crippen molar-refractivity contribution in [1.82, 2.24) is 9.55 Å². The minimum Gasteiger partial charge on any atom is -0.461 e. The average molecular weight is 264 g/mol. The zero-order chi connectivity index (χ0) is 13.6. The fourth-order valence-corrected chi connectivity index (χ4v) is 2.40. The van der Waals surface area contributed by atoms with Crippen molar-refractivity contribution >= 4 is 12.2 Å². The molecular weight excluding hydrogens is 248 g/mol. The molecule has 0 spiro atoms. The molecule has 102 valence electrons. The van der Waals surface area contributed by atoms with Crippen molar-refractivity contribution in [1.29, 1.82) is 0 Å². The van der Waals surface area contributed by atoms with E-state index in [0.29, 0.717) is 18.1 Å². The fraction of sp³-hybridized carbons (Fsp3) is 0.538. The van der Waals surface area contributed by atoms with Crippen LogP contribution < -0.4 is 0 Å². The normalized spacial score (nSPS) is 26.9. The number of hydrogen-bond acceptors (Lipinski definition) is 5. The summed E-state index contributed by atoms with van der Waals surface area (Å²) in [5.74, 6) is -0.367. The number of carbonyl (C=O) groups excluding carboxylic acids is 1. The van der Waals surface area contributed by atoms with Gasteiger partial charge in [0.15, 0.2) is 11.5 Å². The van der Waals surface area contributed by atoms with Gasteiger partial charge in [-0.25, -0.2) is 9.78 Å². The zero-order valence-corrected chi connectivity index (χ0v) is 11.1. The van der Waals surface area contributed by atoms with Gasteiger partial charge in [-0.1, -0.05) is 0 Å². The van der Waals surface area contributed by atoms with Crippen LogP contribution in [-0.4, -0.2) is 34.0 Å². The molecular formula is C13H16N2O4. The van der Waals surface area contributed by atoms with Crippen molar-refractivity contribution in [3.05, 3.63) is 23.8 Å². The van der Waals surface area contributed by atoms with Crippen LogP contribution in [0.4, 0.5) is 0 Å². The minimum atomic E-state index is -0.648. The second-order valence-electron chi connectivity index (χ2n) is 4.95. The zero-order valence-electron chi connectivity index (χ0n) is 11.1. The summed E-state index contributed by atoms with van der Waals surface area (Å²) >= 11 is 0. The summed E-state index contributed by atoms with van der Waals surface area (Å²) in [5, 5.41) is 0. The Labute approximate surface area is 111 Å². The van der Waals surface area contributed by atoms with Crippen LogP contribution in [0.15, 0.2) is 12.3 Å². The van der Waals surface area contributed by atoms with Crippen molar-refractivity contribution in [2.45, 2.75) is 38.8 Å². The summed E-state index contributed by atoms with van der Waals surface area (Å²) in [6.07, 6.45) is 4.70. The number of nitrogens with zero attached hydrogens (tertiary/aromatic N) is 2. The Bertz CT molecular complexity index is 547. The minimum absolute atomic E-state index is 0.167. The molecule has 0 N–H and O–H groups in total. The van der Waals surface area contributed by atoms with E-state index in [1.54, 1.807) is 17.7 Å². The number of rotatable bonds is 2. The van der Waals surface area contributed by atoms with Gasteiger partial charge in [-0.2, -0.15) is 0 Å². The molecule has 1 aromatic rings. The van der Waals surface area contributed by atoms with Gasteiger partial charge in [0.1, 0.15) is 18.0 Å². The summed E-state index contributed by atoms with van der Waals surface area (Å²) in [4.78, 5) is 16.1. The van der Waals surface area contributed by atoms with E-state index in [1.165, 1.54) is 6.20 Å². The first-order valence-electron chi connectivity index (χ1n) is 6.30. The van der Waals surface area contributed by atoms with E-state index in [-0.39, 0.29) is 18.2 Å². The van der Waals surface area contributed by atoms with Crippen LogP contribution in [0, 0.1) is 0 Å². The lowest BCUT2D eigenvalue weighted by Crippen LogP contribution is -2.22. The van der Waals surface area contributed by atoms with Gasteiger partial charge in [0.05, 0.1) is 12.8 Å². The first-order valence-corrected chi connectivity index (χ1v) is 6.30. The third kappa shape index (κ3) is 1.97. The largest absolute Gasteiger partial charge is 0.461 e. The second kappa shape index (κ2) is 4.18. The Morgan fingerprint density at radius 2 is 2.32 bits per heavy atom. The summed E-state index contributed by atoms with van der Waals surface area (Å²) in [6, 6.07) is 0. The average Bonchev–Trinajstić information content (AvgIpc) is 2.87. The number of ether oxygens (including phenoxy) is 3. The molecule has 1 saturated heterocycles. The standard InChI is InChI=1S/C13H16N2O4/c1-4-17-12(16)8-7-14-11-10-9(5-6-15(8)11)18-13(2,3)19-10/h5-7,9-10H,4H2,1-3H3/t9-,10-/m1/s1. The molecule has 0 bridgehead atoms. The monoisotopic (exact) mass is 264 g/mol. The van der Waals surface area contributed by atoms with Crippen molar-refractivity contribution in [2.24, 2.45) is 0 Å². The Morgan fingerprint density at radius 3 is 3.05 bits per heavy atom. The smallest absolute Gasteiger partial charge is 0.356 e. The van der Waals surface area contributed by atoms with Gasteiger partial charge in [-0.3, -0.25) is 4.57 Å². The molecule has 2 aliphatic heterocycles. The molecule has 2 aliphatic rings. The van der Waals surface area contributed by atoms with Crippen molar-refractivity contribution in [3.8, 4) is 0 Å². The lowest BCUT2D eigenvalue weighted by molar-refractivity contribution is -0.144. The van der Waals surface area contributed by atoms with Gasteiger partial charge in [-0.15, -0.1) is 0 Å². The number of fused-ring (bicyclic) bond motifs is 3. The summed E-state index contributed by atoms with van der Waals surface area (Å²) in [6.45, 7) is 5.83. The molecule has 6 heteroatoms. The molecule has 2 atom stereocenters. The van der Waals surface area contributed by atoms with Crippen LogP contribution in [0.5, 0.6) is 0 Å². The molecule has 1 aromatic heterocycles. The van der Waals surface area contributed by atoms with Gasteiger partial charge >= 0.3 is 5.97 Å². The third-order valence-corrected chi connectivity index (χ3v) is 3.12. The van der Waals surface area contributed by atoms with E-state index in [0.717, 1.165) is 0 Å². The summed E-state index contributed by atoms with van der Waals surface area (Å²) < 4.78 is 18.3. The van der Waals surface area contributed by atoms with Crippen LogP contribution in [0.25, 0.3) is 6.20 Å². The second-order valence-corrected chi connectivity index (χ2v) is 4.95. The molecule has 6 nitrogen and oxygen atoms in total. The SMILES string of the molecule is CCOC(=O)c1cnc2n1C=C[C@H]1OC(C)(C)O[C@@H]21. The van der Waals surface area contributed by atoms with Crippen LogP contribution in [0.1, 0.15) is 43.2 Å². The third-order valence-electron chi connectivity index (χ3n) is 3.12. The topological polar surface area (TPSA) is 62.6 Å². The Hall–Kier alpha value is -1.66. The van der Waals surface area contributed by atoms with E-state index in [1.807, 2.05) is 19.9 Å². The van der Waals surface area contributed by atoms with Crippen LogP contribution in [0.2, 0.25) is 0 Å². The lowest BCUT2D eigenvalue weighted by atomic mass is 10.1. The van der Waals surface area contributed by atoms with E-state index in [2.05, 4.69) is 4.98 Å². The van der Waals surface area contributed by atoms with Crippen molar-refractivity contribution in [2.75, 3.05) is 6.61 Å². The molecule has 3 heterocycles. The summed E-state index contributed by atoms with van der Waals surface area (Å²) in [5.41, 5.74) is 0.403. The fourth-order valence-electron chi connectivity index (χ4n) is 2.40. The molecule has 0 unspecified atom stereocenters. The highest BCUT2D eigenvalue weighted by Gasteiger charge is 2.45. The molecule has 3 rings (SSSR count). The maximum absolute atomic E-state index is 11.8. The molecule has 0 amide bonds. The highest BCUT2D eigenvalue weighted by atomic mass is 16.8. The number of carbonyl (C=O) groups is 1. The summed E-state index contributed by atoms with van der Waals surface area (Å²) in [7, 11) is 0. The van der Waals surface area contributed by atoms with Crippen LogP contribution in [0.3, 0.4) is 0 Å². The quantitative estimate of drug-likeness (QED) is 0.761. The Morgan fingerprint density at radius 1 is 1.53 bits per heavy atom. The number of imidazole rings is 1. The predicted octanol–water partition coefficient (Wildman–Crippen LogP) is 1.74. The van der Waals surface area contributed by atoms with E-state index in [9.17, 15) is 4.79 Å². The van der Waals surface area contributed by atoms with Gasteiger partial charge in [-0.05, 0) is 26.8 Å². The van der Waals surface area contributed by atoms with E-state index >= 15 is 0 Å². The number of aromatic nitrogens is 2.